The van der Waals surface area contributed by atoms with Gasteiger partial charge in [-0.05, 0) is 34.6 Å². The normalized spacial score (nSPS) is 22.0. The van der Waals surface area contributed by atoms with E-state index in [1.165, 1.54) is 17.2 Å². The quantitative estimate of drug-likeness (QED) is 0.594. The number of piperidine rings is 1. The molecule has 0 radical (unpaired) electrons. The standard InChI is InChI=1S/C26H22N2O6/c29-23(28-12-15-11-26(15,14-28)24(30)31)22-21(9-10-33-22)27-25(32)34-13-20-18-7-3-1-5-16(18)17-6-2-4-8-19(17)20/h1-10,15,20H,11-14H2,(H,27,32)(H,30,31). The lowest BCUT2D eigenvalue weighted by Crippen LogP contribution is -2.34. The second-order valence-corrected chi connectivity index (χ2v) is 9.16. The molecule has 2 atom stereocenters. The Morgan fingerprint density at radius 3 is 2.38 bits per heavy atom. The fourth-order valence-electron chi connectivity index (χ4n) is 5.43. The average Bonchev–Trinajstić information content (AvgIpc) is 3.16. The van der Waals surface area contributed by atoms with Crippen molar-refractivity contribution in [2.75, 3.05) is 25.0 Å². The van der Waals surface area contributed by atoms with Crippen LogP contribution in [0.1, 0.15) is 34.0 Å². The van der Waals surface area contributed by atoms with E-state index in [1.54, 1.807) is 0 Å². The van der Waals surface area contributed by atoms with Crippen LogP contribution in [0.4, 0.5) is 10.5 Å². The predicted molar refractivity (Wildman–Crippen MR) is 121 cm³/mol. The van der Waals surface area contributed by atoms with Gasteiger partial charge >= 0.3 is 12.1 Å². The minimum atomic E-state index is -0.871. The van der Waals surface area contributed by atoms with Gasteiger partial charge in [-0.2, -0.15) is 0 Å². The summed E-state index contributed by atoms with van der Waals surface area (Å²) in [5, 5.41) is 12.1. The van der Waals surface area contributed by atoms with Crippen LogP contribution in [0, 0.1) is 11.3 Å². The summed E-state index contributed by atoms with van der Waals surface area (Å²) in [6.07, 6.45) is 1.22. The Hall–Kier alpha value is -4.07. The molecule has 3 aromatic rings. The van der Waals surface area contributed by atoms with Crippen molar-refractivity contribution in [2.45, 2.75) is 12.3 Å². The molecule has 0 spiro atoms. The molecule has 8 nitrogen and oxygen atoms in total. The molecule has 2 unspecified atom stereocenters. The number of carboxylic acids is 1. The smallest absolute Gasteiger partial charge is 0.411 e. The number of rotatable bonds is 5. The molecule has 2 N–H and O–H groups in total. The van der Waals surface area contributed by atoms with Gasteiger partial charge in [0.2, 0.25) is 5.76 Å². The van der Waals surface area contributed by atoms with Crippen LogP contribution in [-0.4, -0.2) is 47.7 Å². The van der Waals surface area contributed by atoms with Crippen molar-refractivity contribution in [2.24, 2.45) is 11.3 Å². The summed E-state index contributed by atoms with van der Waals surface area (Å²) < 4.78 is 10.9. The van der Waals surface area contributed by atoms with Gasteiger partial charge in [0, 0.05) is 25.1 Å². The number of furan rings is 1. The Morgan fingerprint density at radius 2 is 1.74 bits per heavy atom. The lowest BCUT2D eigenvalue weighted by molar-refractivity contribution is -0.143. The van der Waals surface area contributed by atoms with E-state index in [1.807, 2.05) is 36.4 Å². The first-order valence-electron chi connectivity index (χ1n) is 11.2. The molecular weight excluding hydrogens is 436 g/mol. The molecule has 1 saturated heterocycles. The molecule has 1 aromatic heterocycles. The summed E-state index contributed by atoms with van der Waals surface area (Å²) in [6.45, 7) is 0.670. The number of carbonyl (C=O) groups excluding carboxylic acids is 2. The second kappa shape index (κ2) is 7.48. The summed E-state index contributed by atoms with van der Waals surface area (Å²) in [6, 6.07) is 17.6. The fourth-order valence-corrected chi connectivity index (χ4v) is 5.43. The van der Waals surface area contributed by atoms with Crippen LogP contribution in [0.2, 0.25) is 0 Å². The highest BCUT2D eigenvalue weighted by Gasteiger charge is 2.66. The molecule has 2 amide bonds. The zero-order valence-corrected chi connectivity index (χ0v) is 18.2. The third-order valence-corrected chi connectivity index (χ3v) is 7.30. The van der Waals surface area contributed by atoms with Gasteiger partial charge in [-0.25, -0.2) is 4.79 Å². The van der Waals surface area contributed by atoms with Crippen molar-refractivity contribution in [1.29, 1.82) is 0 Å². The Labute approximate surface area is 195 Å². The highest BCUT2D eigenvalue weighted by molar-refractivity contribution is 6.01. The highest BCUT2D eigenvalue weighted by Crippen LogP contribution is 2.58. The number of carboxylic acid groups (broad SMARTS) is 1. The number of nitrogens with one attached hydrogen (secondary N) is 1. The number of aliphatic carboxylic acids is 1. The predicted octanol–water partition coefficient (Wildman–Crippen LogP) is 4.19. The summed E-state index contributed by atoms with van der Waals surface area (Å²) in [5.41, 5.74) is 3.86. The second-order valence-electron chi connectivity index (χ2n) is 9.16. The maximum Gasteiger partial charge on any atom is 0.411 e. The molecule has 0 bridgehead atoms. The molecule has 8 heteroatoms. The first-order valence-corrected chi connectivity index (χ1v) is 11.2. The molecule has 6 rings (SSSR count). The van der Waals surface area contributed by atoms with Gasteiger partial charge in [-0.1, -0.05) is 48.5 Å². The van der Waals surface area contributed by atoms with Gasteiger partial charge in [-0.15, -0.1) is 0 Å². The highest BCUT2D eigenvalue weighted by atomic mass is 16.5. The number of fused-ring (bicyclic) bond motifs is 4. The van der Waals surface area contributed by atoms with Gasteiger partial charge in [0.05, 0.1) is 17.4 Å². The SMILES string of the molecule is O=C(Nc1ccoc1C(=O)N1CC2CC2(C(=O)O)C1)OCC1c2ccccc2-c2ccccc21. The van der Waals surface area contributed by atoms with E-state index >= 15 is 0 Å². The molecule has 2 fully saturated rings. The Balaban J connectivity index is 1.13. The topological polar surface area (TPSA) is 109 Å². The third kappa shape index (κ3) is 3.09. The first-order chi connectivity index (χ1) is 16.5. The van der Waals surface area contributed by atoms with Crippen molar-refractivity contribution in [3.63, 3.8) is 0 Å². The molecule has 34 heavy (non-hydrogen) atoms. The van der Waals surface area contributed by atoms with E-state index in [4.69, 9.17) is 9.15 Å². The molecule has 2 aromatic carbocycles. The first kappa shape index (κ1) is 20.5. The third-order valence-electron chi connectivity index (χ3n) is 7.30. The van der Waals surface area contributed by atoms with E-state index in [0.29, 0.717) is 13.0 Å². The lowest BCUT2D eigenvalue weighted by Gasteiger charge is -2.19. The van der Waals surface area contributed by atoms with Gasteiger partial charge in [0.1, 0.15) is 6.61 Å². The van der Waals surface area contributed by atoms with Crippen molar-refractivity contribution >= 4 is 23.7 Å². The molecular formula is C26H22N2O6. The van der Waals surface area contributed by atoms with Crippen LogP contribution in [0.15, 0.2) is 65.3 Å². The number of nitrogens with zero attached hydrogens (tertiary/aromatic N) is 1. The minimum Gasteiger partial charge on any atom is -0.481 e. The largest absolute Gasteiger partial charge is 0.481 e. The summed E-state index contributed by atoms with van der Waals surface area (Å²) in [4.78, 5) is 38.5. The monoisotopic (exact) mass is 458 g/mol. The number of likely N-dealkylation sites (tertiary alicyclic amines) is 1. The summed E-state index contributed by atoms with van der Waals surface area (Å²) in [7, 11) is 0. The number of benzene rings is 2. The van der Waals surface area contributed by atoms with Crippen LogP contribution in [-0.2, 0) is 9.53 Å². The Bertz CT molecular complexity index is 1280. The Kier molecular flexibility index (Phi) is 4.52. The van der Waals surface area contributed by atoms with Crippen molar-refractivity contribution < 1.29 is 28.6 Å². The maximum atomic E-state index is 12.9. The molecule has 1 aliphatic heterocycles. The Morgan fingerprint density at radius 1 is 1.06 bits per heavy atom. The van der Waals surface area contributed by atoms with Gasteiger partial charge in [0.15, 0.2) is 0 Å². The number of carbonyl (C=O) groups is 3. The van der Waals surface area contributed by atoms with Crippen LogP contribution < -0.4 is 5.32 Å². The number of anilines is 1. The zero-order chi connectivity index (χ0) is 23.4. The summed E-state index contributed by atoms with van der Waals surface area (Å²) >= 11 is 0. The van der Waals surface area contributed by atoms with Gasteiger partial charge < -0.3 is 19.2 Å². The number of ether oxygens (including phenoxy) is 1. The van der Waals surface area contributed by atoms with Crippen molar-refractivity contribution in [1.82, 2.24) is 4.90 Å². The number of hydrogen-bond acceptors (Lipinski definition) is 5. The van der Waals surface area contributed by atoms with E-state index in [-0.39, 0.29) is 36.4 Å². The zero-order valence-electron chi connectivity index (χ0n) is 18.2. The van der Waals surface area contributed by atoms with Crippen LogP contribution in [0.3, 0.4) is 0 Å². The lowest BCUT2D eigenvalue weighted by atomic mass is 9.98. The van der Waals surface area contributed by atoms with E-state index in [9.17, 15) is 19.5 Å². The molecule has 2 heterocycles. The van der Waals surface area contributed by atoms with Crippen molar-refractivity contribution in [3.05, 3.63) is 77.7 Å². The molecule has 2 aliphatic carbocycles. The van der Waals surface area contributed by atoms with Crippen LogP contribution in [0.25, 0.3) is 11.1 Å². The fraction of sp³-hybridized carbons (Fsp3) is 0.269. The van der Waals surface area contributed by atoms with Crippen LogP contribution in [0.5, 0.6) is 0 Å². The average molecular weight is 458 g/mol. The molecule has 172 valence electrons. The van der Waals surface area contributed by atoms with E-state index in [2.05, 4.69) is 17.4 Å². The molecule has 3 aliphatic rings. The van der Waals surface area contributed by atoms with Crippen molar-refractivity contribution in [3.8, 4) is 11.1 Å². The maximum absolute atomic E-state index is 12.9. The van der Waals surface area contributed by atoms with E-state index < -0.39 is 23.4 Å². The van der Waals surface area contributed by atoms with E-state index in [0.717, 1.165) is 22.3 Å². The van der Waals surface area contributed by atoms with Crippen LogP contribution >= 0.6 is 0 Å². The van der Waals surface area contributed by atoms with Gasteiger partial charge in [-0.3, -0.25) is 14.9 Å². The van der Waals surface area contributed by atoms with Gasteiger partial charge in [0.25, 0.3) is 5.91 Å². The molecule has 1 saturated carbocycles. The minimum absolute atomic E-state index is 0.0255. The number of hydrogen-bond donors (Lipinski definition) is 2. The number of amides is 2. The summed E-state index contributed by atoms with van der Waals surface area (Å²) in [5.74, 6) is -1.44.